The third-order valence-corrected chi connectivity index (χ3v) is 8.34. The molecule has 0 spiro atoms. The van der Waals surface area contributed by atoms with Crippen LogP contribution < -0.4 is 10.1 Å². The fourth-order valence-corrected chi connectivity index (χ4v) is 6.28. The maximum Gasteiger partial charge on any atom is 0.286 e. The summed E-state index contributed by atoms with van der Waals surface area (Å²) in [6, 6.07) is 1.69. The Hall–Kier alpha value is -3.41. The van der Waals surface area contributed by atoms with E-state index in [0.29, 0.717) is 53.8 Å². The summed E-state index contributed by atoms with van der Waals surface area (Å²) < 4.78 is 50.0. The lowest BCUT2D eigenvalue weighted by atomic mass is 9.92. The molecule has 1 amide bonds. The van der Waals surface area contributed by atoms with Gasteiger partial charge in [-0.1, -0.05) is 6.92 Å². The van der Waals surface area contributed by atoms with Gasteiger partial charge < -0.3 is 15.0 Å². The average molecular weight is 531 g/mol. The van der Waals surface area contributed by atoms with Gasteiger partial charge in [0.2, 0.25) is 17.7 Å². The van der Waals surface area contributed by atoms with E-state index in [2.05, 4.69) is 27.3 Å². The van der Waals surface area contributed by atoms with Crippen LogP contribution in [-0.2, 0) is 4.79 Å². The molecule has 3 unspecified atom stereocenters. The van der Waals surface area contributed by atoms with Crippen LogP contribution >= 0.6 is 0 Å². The molecular weight excluding hydrogens is 499 g/mol. The second-order valence-electron chi connectivity index (χ2n) is 10.8. The minimum Gasteiger partial charge on any atom is -0.479 e. The summed E-state index contributed by atoms with van der Waals surface area (Å²) in [5.41, 5.74) is 3.47. The first-order valence-electron chi connectivity index (χ1n) is 12.9. The molecule has 2 aromatic rings. The number of hydrogen-bond donors (Lipinski definition) is 1. The highest BCUT2D eigenvalue weighted by Gasteiger charge is 2.64. The number of carbonyl (C=O) groups excluding carboxylic acids is 1. The molecule has 2 aromatic heterocycles. The molecule has 2 saturated heterocycles. The SMILES string of the molecule is COc1nc(N[C@H]2CN(C(C)=O)C[C@H]2C)nn2ccc(C3=CC4=C(N=C(C)C5C[N+]45CC(F)F)C(F)C3)c12. The van der Waals surface area contributed by atoms with Crippen molar-refractivity contribution in [2.45, 2.75) is 51.9 Å². The Balaban J connectivity index is 1.36. The minimum absolute atomic E-state index is 0.0135. The zero-order valence-corrected chi connectivity index (χ0v) is 21.8. The smallest absolute Gasteiger partial charge is 0.286 e. The molecule has 4 aliphatic rings. The number of allylic oxidation sites excluding steroid dienone is 3. The Morgan fingerprint density at radius 1 is 1.34 bits per heavy atom. The predicted molar refractivity (Wildman–Crippen MR) is 136 cm³/mol. The van der Waals surface area contributed by atoms with Gasteiger partial charge in [0, 0.05) is 44.3 Å². The molecular formula is C26H31F3N7O2+. The molecule has 12 heteroatoms. The standard InChI is InChI=1S/C26H31F3N7O2/c1-13-9-34(15(3)37)10-19(13)31-26-32-25(38-4)24-17(5-6-35(24)33-26)16-7-18(27)23-20(8-16)36(12-22(28)29)11-21(36)14(2)30-23/h5-6,8,13,18-19,21-22H,7,9-12H2,1-4H3,(H,31,33)/q+1/t13-,18?,19+,21?,36?/m1/s1. The summed E-state index contributed by atoms with van der Waals surface area (Å²) in [5.74, 6) is 0.912. The van der Waals surface area contributed by atoms with Gasteiger partial charge in [0.15, 0.2) is 17.9 Å². The summed E-state index contributed by atoms with van der Waals surface area (Å²) in [6.07, 6.45) is -0.244. The summed E-state index contributed by atoms with van der Waals surface area (Å²) in [7, 11) is 1.51. The van der Waals surface area contributed by atoms with Crippen LogP contribution in [0.4, 0.5) is 19.1 Å². The second kappa shape index (κ2) is 8.82. The van der Waals surface area contributed by atoms with E-state index in [1.165, 1.54) is 7.11 Å². The number of rotatable bonds is 6. The number of quaternary nitrogens is 1. The zero-order valence-electron chi connectivity index (χ0n) is 21.8. The summed E-state index contributed by atoms with van der Waals surface area (Å²) in [4.78, 5) is 22.7. The molecule has 0 saturated carbocycles. The number of carbonyl (C=O) groups is 1. The second-order valence-corrected chi connectivity index (χ2v) is 10.8. The summed E-state index contributed by atoms with van der Waals surface area (Å²) in [5, 5.41) is 7.93. The number of methoxy groups -OCH3 is 1. The fraction of sp³-hybridized carbons (Fsp3) is 0.538. The molecule has 1 N–H and O–H groups in total. The van der Waals surface area contributed by atoms with E-state index in [4.69, 9.17) is 4.74 Å². The van der Waals surface area contributed by atoms with Gasteiger partial charge in [-0.2, -0.15) is 4.98 Å². The monoisotopic (exact) mass is 530 g/mol. The number of hydrogen-bond acceptors (Lipinski definition) is 6. The van der Waals surface area contributed by atoms with E-state index < -0.39 is 12.6 Å². The highest BCUT2D eigenvalue weighted by molar-refractivity contribution is 5.91. The number of nitrogens with one attached hydrogen (secondary N) is 1. The molecule has 38 heavy (non-hydrogen) atoms. The van der Waals surface area contributed by atoms with Crippen molar-refractivity contribution in [1.82, 2.24) is 19.5 Å². The van der Waals surface area contributed by atoms with Crippen LogP contribution in [0, 0.1) is 5.92 Å². The molecule has 5 heterocycles. The number of alkyl halides is 3. The summed E-state index contributed by atoms with van der Waals surface area (Å²) in [6.45, 7) is 6.79. The fourth-order valence-electron chi connectivity index (χ4n) is 6.28. The zero-order chi connectivity index (χ0) is 26.9. The van der Waals surface area contributed by atoms with Gasteiger partial charge in [0.05, 0.1) is 18.9 Å². The van der Waals surface area contributed by atoms with Crippen molar-refractivity contribution in [3.8, 4) is 5.88 Å². The van der Waals surface area contributed by atoms with Crippen LogP contribution in [0.3, 0.4) is 0 Å². The topological polar surface area (TPSA) is 84.1 Å². The predicted octanol–water partition coefficient (Wildman–Crippen LogP) is 3.29. The Morgan fingerprint density at radius 2 is 2.13 bits per heavy atom. The van der Waals surface area contributed by atoms with Gasteiger partial charge >= 0.3 is 0 Å². The van der Waals surface area contributed by atoms with E-state index in [0.717, 1.165) is 5.71 Å². The highest BCUT2D eigenvalue weighted by atomic mass is 19.3. The van der Waals surface area contributed by atoms with Crippen molar-refractivity contribution in [3.63, 3.8) is 0 Å². The van der Waals surface area contributed by atoms with E-state index in [9.17, 15) is 13.6 Å². The van der Waals surface area contributed by atoms with Crippen molar-refractivity contribution in [2.24, 2.45) is 10.9 Å². The quantitative estimate of drug-likeness (QED) is 0.458. The number of amides is 1. The lowest BCUT2D eigenvalue weighted by molar-refractivity contribution is -0.770. The van der Waals surface area contributed by atoms with Crippen LogP contribution in [0.2, 0.25) is 0 Å². The number of aromatic nitrogens is 3. The largest absolute Gasteiger partial charge is 0.479 e. The van der Waals surface area contributed by atoms with Gasteiger partial charge in [-0.25, -0.2) is 22.7 Å². The van der Waals surface area contributed by atoms with E-state index in [1.807, 2.05) is 12.1 Å². The van der Waals surface area contributed by atoms with Crippen molar-refractivity contribution in [3.05, 3.63) is 35.3 Å². The molecule has 5 atom stereocenters. The Labute approximate surface area is 218 Å². The molecule has 9 nitrogen and oxygen atoms in total. The average Bonchev–Trinajstić information content (AvgIpc) is 3.25. The number of aliphatic imine (C=N–C) groups is 1. The third-order valence-electron chi connectivity index (χ3n) is 8.34. The van der Waals surface area contributed by atoms with Gasteiger partial charge in [-0.15, -0.1) is 5.10 Å². The minimum atomic E-state index is -2.50. The molecule has 202 valence electrons. The van der Waals surface area contributed by atoms with E-state index in [1.54, 1.807) is 29.5 Å². The lowest BCUT2D eigenvalue weighted by Gasteiger charge is -2.30. The van der Waals surface area contributed by atoms with E-state index >= 15 is 4.39 Å². The molecule has 0 radical (unpaired) electrons. The van der Waals surface area contributed by atoms with Crippen molar-refractivity contribution in [1.29, 1.82) is 0 Å². The van der Waals surface area contributed by atoms with Crippen molar-refractivity contribution < 1.29 is 27.2 Å². The molecule has 6 rings (SSSR count). The van der Waals surface area contributed by atoms with Gasteiger partial charge in [-0.05, 0) is 24.5 Å². The first-order chi connectivity index (χ1) is 18.1. The number of ether oxygens (including phenoxy) is 1. The van der Waals surface area contributed by atoms with Crippen molar-refractivity contribution >= 4 is 28.7 Å². The normalized spacial score (nSPS) is 30.3. The first-order valence-corrected chi connectivity index (χ1v) is 12.9. The Kier molecular flexibility index (Phi) is 5.78. The lowest BCUT2D eigenvalue weighted by Crippen LogP contribution is -2.39. The van der Waals surface area contributed by atoms with Crippen LogP contribution in [-0.4, -0.2) is 93.6 Å². The van der Waals surface area contributed by atoms with Gasteiger partial charge in [0.1, 0.15) is 24.3 Å². The van der Waals surface area contributed by atoms with Crippen LogP contribution in [0.15, 0.2) is 34.7 Å². The summed E-state index contributed by atoms with van der Waals surface area (Å²) >= 11 is 0. The maximum absolute atomic E-state index is 15.5. The third kappa shape index (κ3) is 3.88. The van der Waals surface area contributed by atoms with Crippen LogP contribution in [0.1, 0.15) is 32.8 Å². The molecule has 3 aliphatic heterocycles. The number of nitrogens with zero attached hydrogens (tertiary/aromatic N) is 6. The van der Waals surface area contributed by atoms with Gasteiger partial charge in [-0.3, -0.25) is 9.28 Å². The molecule has 0 aromatic carbocycles. The van der Waals surface area contributed by atoms with E-state index in [-0.39, 0.29) is 47.1 Å². The number of likely N-dealkylation sites (tertiary alicyclic amines) is 1. The molecule has 0 bridgehead atoms. The van der Waals surface area contributed by atoms with Crippen LogP contribution in [0.5, 0.6) is 5.88 Å². The van der Waals surface area contributed by atoms with Crippen molar-refractivity contribution in [2.75, 3.05) is 38.6 Å². The highest BCUT2D eigenvalue weighted by Crippen LogP contribution is 2.49. The molecule has 1 aliphatic carbocycles. The first kappa shape index (κ1) is 24.9. The van der Waals surface area contributed by atoms with Crippen LogP contribution in [0.25, 0.3) is 11.1 Å². The Bertz CT molecular complexity index is 1420. The number of halogens is 3. The molecule has 2 fully saturated rings. The van der Waals surface area contributed by atoms with Gasteiger partial charge in [0.25, 0.3) is 6.43 Å². The number of anilines is 1. The Morgan fingerprint density at radius 3 is 2.82 bits per heavy atom. The maximum atomic E-state index is 15.5. The number of fused-ring (bicyclic) bond motifs is 3.